The summed E-state index contributed by atoms with van der Waals surface area (Å²) in [6.45, 7) is 7.11. The predicted octanol–water partition coefficient (Wildman–Crippen LogP) is 3.40. The highest BCUT2D eigenvalue weighted by Gasteiger charge is 2.32. The minimum absolute atomic E-state index is 0.0317. The lowest BCUT2D eigenvalue weighted by atomic mass is 9.77. The zero-order valence-electron chi connectivity index (χ0n) is 13.7. The van der Waals surface area contributed by atoms with Gasteiger partial charge in [0.05, 0.1) is 5.69 Å². The van der Waals surface area contributed by atoms with E-state index in [0.717, 1.165) is 23.2 Å². The van der Waals surface area contributed by atoms with Gasteiger partial charge in [-0.25, -0.2) is 0 Å². The number of aromatic nitrogens is 1. The van der Waals surface area contributed by atoms with Crippen LogP contribution in [0, 0.1) is 6.92 Å². The van der Waals surface area contributed by atoms with E-state index in [1.165, 1.54) is 22.3 Å². The summed E-state index contributed by atoms with van der Waals surface area (Å²) in [6, 6.07) is 8.42. The number of benzene rings is 1. The molecule has 1 aromatic heterocycles. The number of aryl methyl sites for hydroxylation is 1. The first-order valence-electron chi connectivity index (χ1n) is 8.05. The number of allylic oxidation sites excluding steroid dienone is 1. The molecule has 116 valence electrons. The molecule has 2 heterocycles. The Kier molecular flexibility index (Phi) is 2.95. The first kappa shape index (κ1) is 14.2. The largest absolute Gasteiger partial charge is 0.351 e. The Labute approximate surface area is 136 Å². The van der Waals surface area contributed by atoms with Crippen molar-refractivity contribution in [3.05, 3.63) is 70.0 Å². The fourth-order valence-corrected chi connectivity index (χ4v) is 3.54. The Balaban J connectivity index is 1.84. The lowest BCUT2D eigenvalue weighted by Gasteiger charge is -2.33. The molecule has 1 amide bonds. The molecule has 1 aromatic carbocycles. The van der Waals surface area contributed by atoms with Crippen LogP contribution in [0.25, 0.3) is 5.57 Å². The fraction of sp³-hybridized carbons (Fsp3) is 0.300. The van der Waals surface area contributed by atoms with E-state index in [1.807, 2.05) is 12.3 Å². The minimum Gasteiger partial charge on any atom is -0.351 e. The second-order valence-corrected chi connectivity index (χ2v) is 7.16. The molecular formula is C20H20N2O. The molecule has 4 rings (SSSR count). The quantitative estimate of drug-likeness (QED) is 0.877. The number of rotatable bonds is 1. The van der Waals surface area contributed by atoms with Gasteiger partial charge in [-0.05, 0) is 47.4 Å². The number of hydrogen-bond donors (Lipinski definition) is 1. The van der Waals surface area contributed by atoms with Gasteiger partial charge in [-0.1, -0.05) is 26.0 Å². The number of nitrogens with zero attached hydrogens (tertiary/aromatic N) is 1. The summed E-state index contributed by atoms with van der Waals surface area (Å²) in [4.78, 5) is 16.7. The van der Waals surface area contributed by atoms with Crippen LogP contribution in [0.15, 0.2) is 36.5 Å². The van der Waals surface area contributed by atoms with Gasteiger partial charge in [-0.2, -0.15) is 0 Å². The number of pyridine rings is 1. The standard InChI is InChI=1S/C20H20N2O/c1-12-8-16-14(6-7-18(16)21-10-12)13-4-5-15-17(9-13)20(2,3)11-22-19(15)23/h4-6,8-10H,7,11H2,1-3H3,(H,22,23). The third-order valence-corrected chi connectivity index (χ3v) is 4.89. The number of hydrogen-bond acceptors (Lipinski definition) is 2. The summed E-state index contributed by atoms with van der Waals surface area (Å²) in [5.41, 5.74) is 7.84. The van der Waals surface area contributed by atoms with Crippen LogP contribution in [-0.4, -0.2) is 17.4 Å². The third-order valence-electron chi connectivity index (χ3n) is 4.89. The van der Waals surface area contributed by atoms with Crippen molar-refractivity contribution in [2.45, 2.75) is 32.6 Å². The van der Waals surface area contributed by atoms with E-state index in [1.54, 1.807) is 0 Å². The van der Waals surface area contributed by atoms with E-state index in [-0.39, 0.29) is 11.3 Å². The molecule has 0 unspecified atom stereocenters. The molecule has 0 saturated heterocycles. The SMILES string of the molecule is Cc1cnc2c(c1)C(c1ccc3c(c1)C(C)(C)CNC3=O)=CC2. The monoisotopic (exact) mass is 304 g/mol. The lowest BCUT2D eigenvalue weighted by molar-refractivity contribution is 0.0930. The molecule has 0 radical (unpaired) electrons. The molecule has 3 heteroatoms. The van der Waals surface area contributed by atoms with Crippen molar-refractivity contribution in [3.63, 3.8) is 0 Å². The van der Waals surface area contributed by atoms with E-state index < -0.39 is 0 Å². The van der Waals surface area contributed by atoms with Gasteiger partial charge in [0.1, 0.15) is 0 Å². The number of carbonyl (C=O) groups excluding carboxylic acids is 1. The average Bonchev–Trinajstić information content (AvgIpc) is 2.94. The van der Waals surface area contributed by atoms with Crippen molar-refractivity contribution in [1.82, 2.24) is 10.3 Å². The molecule has 1 aliphatic heterocycles. The minimum atomic E-state index is -0.0495. The highest BCUT2D eigenvalue weighted by atomic mass is 16.1. The van der Waals surface area contributed by atoms with Gasteiger partial charge in [0.25, 0.3) is 5.91 Å². The van der Waals surface area contributed by atoms with Gasteiger partial charge >= 0.3 is 0 Å². The molecule has 0 fully saturated rings. The first-order chi connectivity index (χ1) is 11.0. The number of nitrogens with one attached hydrogen (secondary N) is 1. The van der Waals surface area contributed by atoms with E-state index in [9.17, 15) is 4.79 Å². The zero-order valence-corrected chi connectivity index (χ0v) is 13.7. The summed E-state index contributed by atoms with van der Waals surface area (Å²) in [6.07, 6.45) is 5.05. The third kappa shape index (κ3) is 2.19. The van der Waals surface area contributed by atoms with E-state index >= 15 is 0 Å². The molecule has 2 aliphatic rings. The van der Waals surface area contributed by atoms with Gasteiger partial charge in [-0.15, -0.1) is 0 Å². The lowest BCUT2D eigenvalue weighted by Crippen LogP contribution is -2.43. The molecule has 0 saturated carbocycles. The molecule has 0 spiro atoms. The molecular weight excluding hydrogens is 284 g/mol. The van der Waals surface area contributed by atoms with Crippen molar-refractivity contribution < 1.29 is 4.79 Å². The maximum Gasteiger partial charge on any atom is 0.251 e. The summed E-state index contributed by atoms with van der Waals surface area (Å²) in [7, 11) is 0. The van der Waals surface area contributed by atoms with Crippen molar-refractivity contribution in [3.8, 4) is 0 Å². The van der Waals surface area contributed by atoms with Gasteiger partial charge in [0.15, 0.2) is 0 Å². The van der Waals surface area contributed by atoms with Crippen LogP contribution in [0.5, 0.6) is 0 Å². The highest BCUT2D eigenvalue weighted by Crippen LogP contribution is 2.36. The Bertz CT molecular complexity index is 862. The smallest absolute Gasteiger partial charge is 0.251 e. The van der Waals surface area contributed by atoms with Crippen LogP contribution < -0.4 is 5.32 Å². The normalized spacial score (nSPS) is 18.0. The van der Waals surface area contributed by atoms with Crippen molar-refractivity contribution in [2.75, 3.05) is 6.54 Å². The van der Waals surface area contributed by atoms with Crippen molar-refractivity contribution >= 4 is 11.5 Å². The molecule has 0 bridgehead atoms. The molecule has 1 aliphatic carbocycles. The Morgan fingerprint density at radius 2 is 2.00 bits per heavy atom. The van der Waals surface area contributed by atoms with E-state index in [4.69, 9.17) is 0 Å². The number of amides is 1. The predicted molar refractivity (Wildman–Crippen MR) is 91.6 cm³/mol. The summed E-state index contributed by atoms with van der Waals surface area (Å²) in [5.74, 6) is 0.0317. The molecule has 23 heavy (non-hydrogen) atoms. The zero-order chi connectivity index (χ0) is 16.2. The second kappa shape index (κ2) is 4.79. The average molecular weight is 304 g/mol. The second-order valence-electron chi connectivity index (χ2n) is 7.16. The first-order valence-corrected chi connectivity index (χ1v) is 8.05. The Hall–Kier alpha value is -2.42. The summed E-state index contributed by atoms with van der Waals surface area (Å²) < 4.78 is 0. The topological polar surface area (TPSA) is 42.0 Å². The maximum atomic E-state index is 12.1. The van der Waals surface area contributed by atoms with Crippen LogP contribution in [-0.2, 0) is 11.8 Å². The number of carbonyl (C=O) groups is 1. The van der Waals surface area contributed by atoms with Gasteiger partial charge in [0.2, 0.25) is 0 Å². The van der Waals surface area contributed by atoms with Gasteiger partial charge in [-0.3, -0.25) is 9.78 Å². The molecule has 1 N–H and O–H groups in total. The van der Waals surface area contributed by atoms with Gasteiger partial charge < -0.3 is 5.32 Å². The summed E-state index contributed by atoms with van der Waals surface area (Å²) in [5, 5.41) is 2.98. The van der Waals surface area contributed by atoms with E-state index in [0.29, 0.717) is 6.54 Å². The maximum absolute atomic E-state index is 12.1. The van der Waals surface area contributed by atoms with Crippen molar-refractivity contribution in [1.29, 1.82) is 0 Å². The Morgan fingerprint density at radius 3 is 2.83 bits per heavy atom. The molecule has 0 atom stereocenters. The van der Waals surface area contributed by atoms with E-state index in [2.05, 4.69) is 55.3 Å². The van der Waals surface area contributed by atoms with Crippen LogP contribution in [0.1, 0.15) is 52.2 Å². The Morgan fingerprint density at radius 1 is 1.17 bits per heavy atom. The molecule has 2 aromatic rings. The van der Waals surface area contributed by atoms with Crippen LogP contribution in [0.3, 0.4) is 0 Å². The fourth-order valence-electron chi connectivity index (χ4n) is 3.54. The van der Waals surface area contributed by atoms with Crippen molar-refractivity contribution in [2.24, 2.45) is 0 Å². The highest BCUT2D eigenvalue weighted by molar-refractivity contribution is 5.98. The van der Waals surface area contributed by atoms with Crippen LogP contribution >= 0.6 is 0 Å². The number of fused-ring (bicyclic) bond motifs is 2. The summed E-state index contributed by atoms with van der Waals surface area (Å²) >= 11 is 0. The van der Waals surface area contributed by atoms with Crippen LogP contribution in [0.2, 0.25) is 0 Å². The van der Waals surface area contributed by atoms with Gasteiger partial charge in [0, 0.05) is 35.7 Å². The molecule has 3 nitrogen and oxygen atoms in total. The van der Waals surface area contributed by atoms with Crippen LogP contribution in [0.4, 0.5) is 0 Å².